The Hall–Kier alpha value is 0.0300. The Kier molecular flexibility index (Phi) is 9.03. The van der Waals surface area contributed by atoms with Crippen molar-refractivity contribution in [1.82, 2.24) is 9.80 Å². The van der Waals surface area contributed by atoms with Crippen molar-refractivity contribution in [3.05, 3.63) is 0 Å². The van der Waals surface area contributed by atoms with Gasteiger partial charge in [0.1, 0.15) is 0 Å². The molecule has 0 aromatic heterocycles. The number of carbonyl (C=O) groups excluding carboxylic acids is 1. The Morgan fingerprint density at radius 1 is 1.56 bits per heavy atom. The van der Waals surface area contributed by atoms with Gasteiger partial charge in [-0.15, -0.1) is 12.4 Å². The van der Waals surface area contributed by atoms with E-state index in [-0.39, 0.29) is 24.4 Å². The Morgan fingerprint density at radius 2 is 2.22 bits per heavy atom. The van der Waals surface area contributed by atoms with Crippen molar-refractivity contribution in [2.75, 3.05) is 39.2 Å². The Morgan fingerprint density at radius 3 is 2.78 bits per heavy atom. The average molecular weight is 296 g/mol. The maximum Gasteiger partial charge on any atom is 0.239 e. The molecule has 0 aliphatic carbocycles. The molecule has 0 saturated carbocycles. The van der Waals surface area contributed by atoms with E-state index < -0.39 is 0 Å². The molecule has 0 aromatic carbocycles. The largest absolute Gasteiger partial charge is 0.340 e. The predicted molar refractivity (Wildman–Crippen MR) is 81.5 cm³/mol. The highest BCUT2D eigenvalue weighted by molar-refractivity contribution is 7.98. The van der Waals surface area contributed by atoms with Crippen molar-refractivity contribution in [3.63, 3.8) is 0 Å². The molecule has 108 valence electrons. The summed E-state index contributed by atoms with van der Waals surface area (Å²) in [5, 5.41) is 0. The average Bonchev–Trinajstić information content (AvgIpc) is 2.35. The van der Waals surface area contributed by atoms with Crippen LogP contribution in [0.3, 0.4) is 0 Å². The molecule has 4 nitrogen and oxygen atoms in total. The molecule has 1 aliphatic heterocycles. The summed E-state index contributed by atoms with van der Waals surface area (Å²) in [6.07, 6.45) is 5.09. The number of carbonyl (C=O) groups is 1. The summed E-state index contributed by atoms with van der Waals surface area (Å²) in [7, 11) is 4.15. The van der Waals surface area contributed by atoms with Gasteiger partial charge in [0.25, 0.3) is 0 Å². The number of likely N-dealkylation sites (N-methyl/N-ethyl adjacent to an activating group) is 1. The zero-order valence-corrected chi connectivity index (χ0v) is 13.2. The van der Waals surface area contributed by atoms with Crippen molar-refractivity contribution in [2.45, 2.75) is 31.3 Å². The van der Waals surface area contributed by atoms with Crippen molar-refractivity contribution < 1.29 is 4.79 Å². The highest BCUT2D eigenvalue weighted by Gasteiger charge is 2.27. The van der Waals surface area contributed by atoms with Crippen LogP contribution in [0, 0.1) is 0 Å². The minimum absolute atomic E-state index is 0. The lowest BCUT2D eigenvalue weighted by Crippen LogP contribution is -2.52. The van der Waals surface area contributed by atoms with Crippen molar-refractivity contribution >= 4 is 30.1 Å². The van der Waals surface area contributed by atoms with Crippen LogP contribution in [0.15, 0.2) is 0 Å². The molecule has 0 spiro atoms. The van der Waals surface area contributed by atoms with Crippen LogP contribution < -0.4 is 5.73 Å². The van der Waals surface area contributed by atoms with E-state index in [1.807, 2.05) is 11.2 Å². The molecule has 2 atom stereocenters. The third-order valence-electron chi connectivity index (χ3n) is 3.39. The predicted octanol–water partition coefficient (Wildman–Crippen LogP) is 1.04. The summed E-state index contributed by atoms with van der Waals surface area (Å²) in [6, 6.07) is 0.170. The number of halogens is 1. The van der Waals surface area contributed by atoms with Gasteiger partial charge in [0.05, 0.1) is 6.04 Å². The van der Waals surface area contributed by atoms with Crippen LogP contribution in [0.4, 0.5) is 0 Å². The second kappa shape index (κ2) is 9.02. The summed E-state index contributed by atoms with van der Waals surface area (Å²) in [4.78, 5) is 16.3. The first-order chi connectivity index (χ1) is 8.06. The molecule has 1 rings (SSSR count). The normalized spacial score (nSPS) is 21.6. The van der Waals surface area contributed by atoms with Crippen molar-refractivity contribution in [1.29, 1.82) is 0 Å². The van der Waals surface area contributed by atoms with Crippen LogP contribution in [0.5, 0.6) is 0 Å². The fraction of sp³-hybridized carbons (Fsp3) is 0.917. The van der Waals surface area contributed by atoms with Crippen molar-refractivity contribution in [2.24, 2.45) is 5.73 Å². The zero-order valence-electron chi connectivity index (χ0n) is 11.6. The highest BCUT2D eigenvalue weighted by atomic mass is 35.5. The van der Waals surface area contributed by atoms with E-state index in [1.54, 1.807) is 11.8 Å². The van der Waals surface area contributed by atoms with E-state index in [2.05, 4.69) is 19.0 Å². The number of piperidine rings is 1. The molecule has 6 heteroatoms. The van der Waals surface area contributed by atoms with Gasteiger partial charge in [-0.25, -0.2) is 0 Å². The SMILES string of the molecule is CSCC[C@H](N)C(=O)N1CCCC(N(C)C)C1.Cl. The number of likely N-dealkylation sites (tertiary alicyclic amines) is 1. The van der Waals surface area contributed by atoms with E-state index in [9.17, 15) is 4.79 Å². The summed E-state index contributed by atoms with van der Waals surface area (Å²) in [5.41, 5.74) is 5.94. The van der Waals surface area contributed by atoms with E-state index in [1.165, 1.54) is 6.42 Å². The molecule has 1 saturated heterocycles. The minimum Gasteiger partial charge on any atom is -0.340 e. The van der Waals surface area contributed by atoms with Crippen LogP contribution in [0.25, 0.3) is 0 Å². The van der Waals surface area contributed by atoms with Gasteiger partial charge in [-0.2, -0.15) is 11.8 Å². The lowest BCUT2D eigenvalue weighted by molar-refractivity contribution is -0.134. The highest BCUT2D eigenvalue weighted by Crippen LogP contribution is 2.15. The molecule has 18 heavy (non-hydrogen) atoms. The smallest absolute Gasteiger partial charge is 0.239 e. The van der Waals surface area contributed by atoms with Gasteiger partial charge in [-0.1, -0.05) is 0 Å². The third-order valence-corrected chi connectivity index (χ3v) is 4.03. The Bertz CT molecular complexity index is 253. The molecule has 1 aliphatic rings. The number of nitrogens with two attached hydrogens (primary N) is 1. The van der Waals surface area contributed by atoms with Gasteiger partial charge < -0.3 is 15.5 Å². The number of nitrogens with zero attached hydrogens (tertiary/aromatic N) is 2. The minimum atomic E-state index is -0.316. The molecule has 0 aromatic rings. The molecule has 1 amide bonds. The first kappa shape index (κ1) is 18.0. The second-order valence-corrected chi connectivity index (χ2v) is 5.92. The molecule has 1 unspecified atom stereocenters. The standard InChI is InChI=1S/C12H25N3OS.ClH/c1-14(2)10-5-4-7-15(9-10)12(16)11(13)6-8-17-3;/h10-11H,4-9,13H2,1-3H3;1H/t10?,11-;/m0./s1. The van der Waals surface area contributed by atoms with Crippen molar-refractivity contribution in [3.8, 4) is 0 Å². The van der Waals surface area contributed by atoms with Gasteiger partial charge in [0.2, 0.25) is 5.91 Å². The lowest BCUT2D eigenvalue weighted by atomic mass is 10.0. The summed E-state index contributed by atoms with van der Waals surface area (Å²) >= 11 is 1.74. The maximum absolute atomic E-state index is 12.1. The molecule has 0 radical (unpaired) electrons. The van der Waals surface area contributed by atoms with Crippen LogP contribution in [-0.2, 0) is 4.79 Å². The number of hydrogen-bond acceptors (Lipinski definition) is 4. The fourth-order valence-electron chi connectivity index (χ4n) is 2.18. The molecular formula is C12H26ClN3OS. The first-order valence-electron chi connectivity index (χ1n) is 6.26. The Balaban J connectivity index is 0.00000289. The van der Waals surface area contributed by atoms with E-state index in [0.717, 1.165) is 31.7 Å². The van der Waals surface area contributed by atoms with Gasteiger partial charge in [-0.3, -0.25) is 4.79 Å². The molecular weight excluding hydrogens is 270 g/mol. The molecule has 0 bridgehead atoms. The number of thioether (sulfide) groups is 1. The zero-order chi connectivity index (χ0) is 12.8. The van der Waals surface area contributed by atoms with E-state index in [0.29, 0.717) is 6.04 Å². The van der Waals surface area contributed by atoms with Gasteiger partial charge in [-0.05, 0) is 45.4 Å². The monoisotopic (exact) mass is 295 g/mol. The van der Waals surface area contributed by atoms with E-state index in [4.69, 9.17) is 5.73 Å². The summed E-state index contributed by atoms with van der Waals surface area (Å²) in [6.45, 7) is 1.70. The number of hydrogen-bond donors (Lipinski definition) is 1. The third kappa shape index (κ3) is 5.34. The Labute approximate surface area is 121 Å². The van der Waals surface area contributed by atoms with Gasteiger partial charge >= 0.3 is 0 Å². The van der Waals surface area contributed by atoms with E-state index >= 15 is 0 Å². The van der Waals surface area contributed by atoms with Gasteiger partial charge in [0, 0.05) is 19.1 Å². The molecule has 1 fully saturated rings. The van der Waals surface area contributed by atoms with Crippen LogP contribution in [0.1, 0.15) is 19.3 Å². The number of rotatable bonds is 5. The number of amides is 1. The lowest BCUT2D eigenvalue weighted by Gasteiger charge is -2.37. The topological polar surface area (TPSA) is 49.6 Å². The fourth-order valence-corrected chi connectivity index (χ4v) is 2.67. The summed E-state index contributed by atoms with van der Waals surface area (Å²) in [5.74, 6) is 1.09. The quantitative estimate of drug-likeness (QED) is 0.823. The first-order valence-corrected chi connectivity index (χ1v) is 7.65. The summed E-state index contributed by atoms with van der Waals surface area (Å²) < 4.78 is 0. The maximum atomic E-state index is 12.1. The van der Waals surface area contributed by atoms with Crippen LogP contribution in [0.2, 0.25) is 0 Å². The van der Waals surface area contributed by atoms with Crippen LogP contribution >= 0.6 is 24.2 Å². The molecule has 2 N–H and O–H groups in total. The van der Waals surface area contributed by atoms with Gasteiger partial charge in [0.15, 0.2) is 0 Å². The molecule has 1 heterocycles. The van der Waals surface area contributed by atoms with Crippen LogP contribution in [-0.4, -0.2) is 67.0 Å². The second-order valence-electron chi connectivity index (χ2n) is 4.93.